The van der Waals surface area contributed by atoms with Crippen molar-refractivity contribution < 1.29 is 9.59 Å². The van der Waals surface area contributed by atoms with E-state index in [1.54, 1.807) is 24.3 Å². The van der Waals surface area contributed by atoms with Crippen molar-refractivity contribution in [1.82, 2.24) is 4.90 Å². The number of carbonyl (C=O) groups excluding carboxylic acids is 2. The third kappa shape index (κ3) is 4.17. The zero-order valence-corrected chi connectivity index (χ0v) is 11.3. The Morgan fingerprint density at radius 3 is 2.37 bits per heavy atom. The highest BCUT2D eigenvalue weighted by Crippen LogP contribution is 2.11. The fraction of sp³-hybridized carbons (Fsp3) is 0.467. The summed E-state index contributed by atoms with van der Waals surface area (Å²) >= 11 is 0. The number of Topliss-reactive ketones (excluding diaryl/α,β-unsaturated/α-hetero) is 1. The summed E-state index contributed by atoms with van der Waals surface area (Å²) in [6.07, 6.45) is 3.01. The molecule has 1 saturated heterocycles. The maximum Gasteiger partial charge on any atom is 0.225 e. The molecule has 0 unspecified atom stereocenters. The van der Waals surface area contributed by atoms with E-state index in [4.69, 9.17) is 0 Å². The van der Waals surface area contributed by atoms with E-state index < -0.39 is 0 Å². The molecule has 19 heavy (non-hydrogen) atoms. The summed E-state index contributed by atoms with van der Waals surface area (Å²) in [6.45, 7) is 4.59. The standard InChI is InChI=1S/C15H20N2O2/c1-12(18)13-4-6-14(7-5-13)16-15(19)8-11-17-9-2-3-10-17/h4-7H,2-3,8-11H2,1H3,(H,16,19). The largest absolute Gasteiger partial charge is 0.326 e. The van der Waals surface area contributed by atoms with Gasteiger partial charge in [0.25, 0.3) is 0 Å². The Hall–Kier alpha value is -1.68. The molecule has 1 amide bonds. The molecule has 4 nitrogen and oxygen atoms in total. The van der Waals surface area contributed by atoms with E-state index in [1.807, 2.05) is 0 Å². The second kappa shape index (κ2) is 6.48. The minimum absolute atomic E-state index is 0.0301. The van der Waals surface area contributed by atoms with Gasteiger partial charge in [-0.15, -0.1) is 0 Å². The summed E-state index contributed by atoms with van der Waals surface area (Å²) in [6, 6.07) is 7.01. The summed E-state index contributed by atoms with van der Waals surface area (Å²) in [5.74, 6) is 0.0642. The minimum atomic E-state index is 0.0301. The van der Waals surface area contributed by atoms with Crippen LogP contribution in [0, 0.1) is 0 Å². The van der Waals surface area contributed by atoms with Crippen molar-refractivity contribution in [2.45, 2.75) is 26.2 Å². The molecule has 1 aromatic carbocycles. The lowest BCUT2D eigenvalue weighted by Gasteiger charge is -2.13. The predicted octanol–water partition coefficient (Wildman–Crippen LogP) is 2.31. The lowest BCUT2D eigenvalue weighted by molar-refractivity contribution is -0.116. The molecular formula is C15H20N2O2. The Bertz CT molecular complexity index is 448. The fourth-order valence-electron chi connectivity index (χ4n) is 2.28. The molecule has 2 rings (SSSR count). The Morgan fingerprint density at radius 2 is 1.79 bits per heavy atom. The first-order chi connectivity index (χ1) is 9.15. The van der Waals surface area contributed by atoms with E-state index in [0.29, 0.717) is 12.0 Å². The Kier molecular flexibility index (Phi) is 4.68. The summed E-state index contributed by atoms with van der Waals surface area (Å²) in [4.78, 5) is 25.2. The molecule has 4 heteroatoms. The van der Waals surface area contributed by atoms with Crippen LogP contribution in [0.25, 0.3) is 0 Å². The summed E-state index contributed by atoms with van der Waals surface area (Å²) in [5.41, 5.74) is 1.41. The van der Waals surface area contributed by atoms with Crippen molar-refractivity contribution in [2.24, 2.45) is 0 Å². The molecule has 1 aliphatic rings. The fourth-order valence-corrected chi connectivity index (χ4v) is 2.28. The number of rotatable bonds is 5. The van der Waals surface area contributed by atoms with Crippen LogP contribution < -0.4 is 5.32 Å². The molecule has 0 spiro atoms. The van der Waals surface area contributed by atoms with Crippen molar-refractivity contribution >= 4 is 17.4 Å². The van der Waals surface area contributed by atoms with Crippen LogP contribution in [-0.4, -0.2) is 36.2 Å². The molecule has 0 aromatic heterocycles. The van der Waals surface area contributed by atoms with E-state index in [1.165, 1.54) is 19.8 Å². The van der Waals surface area contributed by atoms with Gasteiger partial charge in [-0.1, -0.05) is 0 Å². The number of likely N-dealkylation sites (tertiary alicyclic amines) is 1. The molecule has 0 aliphatic carbocycles. The highest BCUT2D eigenvalue weighted by molar-refractivity contribution is 5.95. The summed E-state index contributed by atoms with van der Waals surface area (Å²) < 4.78 is 0. The number of ketones is 1. The van der Waals surface area contributed by atoms with Gasteiger partial charge >= 0.3 is 0 Å². The predicted molar refractivity (Wildman–Crippen MR) is 75.4 cm³/mol. The highest BCUT2D eigenvalue weighted by Gasteiger charge is 2.12. The van der Waals surface area contributed by atoms with Crippen molar-refractivity contribution in [2.75, 3.05) is 25.0 Å². The average molecular weight is 260 g/mol. The second-order valence-corrected chi connectivity index (χ2v) is 4.98. The smallest absolute Gasteiger partial charge is 0.225 e. The summed E-state index contributed by atoms with van der Waals surface area (Å²) in [7, 11) is 0. The normalized spacial score (nSPS) is 15.4. The Balaban J connectivity index is 1.79. The Morgan fingerprint density at radius 1 is 1.16 bits per heavy atom. The van der Waals surface area contributed by atoms with Crippen LogP contribution >= 0.6 is 0 Å². The third-order valence-corrected chi connectivity index (χ3v) is 3.43. The van der Waals surface area contributed by atoms with Crippen LogP contribution in [0.5, 0.6) is 0 Å². The zero-order valence-electron chi connectivity index (χ0n) is 11.3. The molecule has 0 saturated carbocycles. The molecule has 0 atom stereocenters. The van der Waals surface area contributed by atoms with Crippen molar-refractivity contribution in [3.8, 4) is 0 Å². The number of hydrogen-bond donors (Lipinski definition) is 1. The Labute approximate surface area is 113 Å². The third-order valence-electron chi connectivity index (χ3n) is 3.43. The number of nitrogens with one attached hydrogen (secondary N) is 1. The molecule has 0 radical (unpaired) electrons. The van der Waals surface area contributed by atoms with Gasteiger partial charge in [-0.25, -0.2) is 0 Å². The number of carbonyl (C=O) groups is 2. The first-order valence-corrected chi connectivity index (χ1v) is 6.78. The average Bonchev–Trinajstić information content (AvgIpc) is 2.90. The van der Waals surface area contributed by atoms with Crippen LogP contribution in [0.1, 0.15) is 36.5 Å². The number of amides is 1. The van der Waals surface area contributed by atoms with E-state index in [9.17, 15) is 9.59 Å². The van der Waals surface area contributed by atoms with Crippen LogP contribution in [0.15, 0.2) is 24.3 Å². The molecule has 1 N–H and O–H groups in total. The lowest BCUT2D eigenvalue weighted by Crippen LogP contribution is -2.25. The van der Waals surface area contributed by atoms with Gasteiger partial charge in [0.1, 0.15) is 0 Å². The molecule has 102 valence electrons. The molecule has 1 heterocycles. The van der Waals surface area contributed by atoms with Crippen molar-refractivity contribution in [3.05, 3.63) is 29.8 Å². The van der Waals surface area contributed by atoms with E-state index in [2.05, 4.69) is 10.2 Å². The monoisotopic (exact) mass is 260 g/mol. The van der Waals surface area contributed by atoms with Crippen LogP contribution in [0.4, 0.5) is 5.69 Å². The molecule has 1 fully saturated rings. The van der Waals surface area contributed by atoms with E-state index in [-0.39, 0.29) is 11.7 Å². The van der Waals surface area contributed by atoms with Gasteiger partial charge in [0.2, 0.25) is 5.91 Å². The molecule has 1 aromatic rings. The van der Waals surface area contributed by atoms with Crippen LogP contribution in [-0.2, 0) is 4.79 Å². The maximum atomic E-state index is 11.8. The van der Waals surface area contributed by atoms with Gasteiger partial charge in [0, 0.05) is 24.2 Å². The quantitative estimate of drug-likeness (QED) is 0.826. The van der Waals surface area contributed by atoms with Gasteiger partial charge in [-0.05, 0) is 57.1 Å². The van der Waals surface area contributed by atoms with E-state index >= 15 is 0 Å². The second-order valence-electron chi connectivity index (χ2n) is 4.98. The van der Waals surface area contributed by atoms with Gasteiger partial charge < -0.3 is 10.2 Å². The number of anilines is 1. The zero-order chi connectivity index (χ0) is 13.7. The highest BCUT2D eigenvalue weighted by atomic mass is 16.1. The molecule has 0 bridgehead atoms. The van der Waals surface area contributed by atoms with Gasteiger partial charge in [0.05, 0.1) is 0 Å². The van der Waals surface area contributed by atoms with Crippen LogP contribution in [0.2, 0.25) is 0 Å². The topological polar surface area (TPSA) is 49.4 Å². The van der Waals surface area contributed by atoms with Crippen LogP contribution in [0.3, 0.4) is 0 Å². The van der Waals surface area contributed by atoms with Crippen molar-refractivity contribution in [1.29, 1.82) is 0 Å². The number of benzene rings is 1. The number of hydrogen-bond acceptors (Lipinski definition) is 3. The molecule has 1 aliphatic heterocycles. The minimum Gasteiger partial charge on any atom is -0.326 e. The first-order valence-electron chi connectivity index (χ1n) is 6.78. The van der Waals surface area contributed by atoms with Crippen molar-refractivity contribution in [3.63, 3.8) is 0 Å². The first kappa shape index (κ1) is 13.7. The van der Waals surface area contributed by atoms with Gasteiger partial charge in [0.15, 0.2) is 5.78 Å². The molecular weight excluding hydrogens is 240 g/mol. The lowest BCUT2D eigenvalue weighted by atomic mass is 10.1. The number of nitrogens with zero attached hydrogens (tertiary/aromatic N) is 1. The SMILES string of the molecule is CC(=O)c1ccc(NC(=O)CCN2CCCC2)cc1. The van der Waals surface area contributed by atoms with Gasteiger partial charge in [-0.2, -0.15) is 0 Å². The summed E-state index contributed by atoms with van der Waals surface area (Å²) in [5, 5.41) is 2.86. The maximum absolute atomic E-state index is 11.8. The van der Waals surface area contributed by atoms with E-state index in [0.717, 1.165) is 25.3 Å². The van der Waals surface area contributed by atoms with Gasteiger partial charge in [-0.3, -0.25) is 9.59 Å².